The Morgan fingerprint density at radius 1 is 1.10 bits per heavy atom. The average Bonchev–Trinajstić information content (AvgIpc) is 2.47. The van der Waals surface area contributed by atoms with E-state index in [2.05, 4.69) is 20.3 Å². The molecule has 7 heteroatoms. The molecule has 0 aliphatic carbocycles. The molecule has 0 aromatic carbocycles. The normalized spacial score (nSPS) is 10.0. The summed E-state index contributed by atoms with van der Waals surface area (Å²) in [6.45, 7) is 1.79. The van der Waals surface area contributed by atoms with Crippen molar-refractivity contribution in [1.82, 2.24) is 19.9 Å². The van der Waals surface area contributed by atoms with Gasteiger partial charge in [-0.2, -0.15) is 0 Å². The van der Waals surface area contributed by atoms with Gasteiger partial charge in [-0.1, -0.05) is 0 Å². The number of carbonyl (C=O) groups is 2. The molecule has 0 atom stereocenters. The smallest absolute Gasteiger partial charge is 0.275 e. The van der Waals surface area contributed by atoms with Crippen molar-refractivity contribution in [3.05, 3.63) is 47.8 Å². The lowest BCUT2D eigenvalue weighted by molar-refractivity contribution is 0.0821. The maximum absolute atomic E-state index is 12.0. The molecule has 0 spiro atoms. The highest BCUT2D eigenvalue weighted by molar-refractivity contribution is 6.03. The van der Waals surface area contributed by atoms with Crippen LogP contribution < -0.4 is 5.32 Å². The second kappa shape index (κ2) is 6.08. The molecule has 2 heterocycles. The van der Waals surface area contributed by atoms with Crippen molar-refractivity contribution < 1.29 is 9.59 Å². The van der Waals surface area contributed by atoms with Gasteiger partial charge in [-0.05, 0) is 19.1 Å². The number of carbonyl (C=O) groups excluding carboxylic acids is 2. The van der Waals surface area contributed by atoms with Crippen LogP contribution in [0.5, 0.6) is 0 Å². The predicted octanol–water partition coefficient (Wildman–Crippen LogP) is 1.13. The van der Waals surface area contributed by atoms with E-state index >= 15 is 0 Å². The zero-order chi connectivity index (χ0) is 15.4. The second-order valence-electron chi connectivity index (χ2n) is 4.63. The van der Waals surface area contributed by atoms with Gasteiger partial charge in [-0.3, -0.25) is 19.6 Å². The van der Waals surface area contributed by atoms with Crippen LogP contribution in [0.4, 0.5) is 5.69 Å². The summed E-state index contributed by atoms with van der Waals surface area (Å²) in [6, 6.07) is 3.12. The second-order valence-corrected chi connectivity index (χ2v) is 4.63. The number of rotatable bonds is 3. The fourth-order valence-electron chi connectivity index (χ4n) is 1.56. The standard InChI is InChI=1S/C14H15N5O2/c1-9-7-17-12(8-16-9)13(20)18-10-4-5-15-11(6-10)14(21)19(2)3/h4-8H,1-3H3,(H,15,18,20). The minimum Gasteiger partial charge on any atom is -0.343 e. The number of nitrogens with one attached hydrogen (secondary N) is 1. The summed E-state index contributed by atoms with van der Waals surface area (Å²) in [5.74, 6) is -0.627. The lowest BCUT2D eigenvalue weighted by Crippen LogP contribution is -2.23. The third-order valence-electron chi connectivity index (χ3n) is 2.66. The van der Waals surface area contributed by atoms with E-state index < -0.39 is 5.91 Å². The molecule has 2 amide bonds. The summed E-state index contributed by atoms with van der Waals surface area (Å²) in [7, 11) is 3.27. The van der Waals surface area contributed by atoms with E-state index in [0.717, 1.165) is 5.69 Å². The van der Waals surface area contributed by atoms with Crippen LogP contribution in [0.3, 0.4) is 0 Å². The topological polar surface area (TPSA) is 88.1 Å². The van der Waals surface area contributed by atoms with Crippen LogP contribution in [-0.4, -0.2) is 45.8 Å². The van der Waals surface area contributed by atoms with Crippen molar-refractivity contribution in [2.24, 2.45) is 0 Å². The quantitative estimate of drug-likeness (QED) is 0.913. The largest absolute Gasteiger partial charge is 0.343 e. The van der Waals surface area contributed by atoms with Gasteiger partial charge in [0.15, 0.2) is 0 Å². The van der Waals surface area contributed by atoms with Crippen molar-refractivity contribution in [2.45, 2.75) is 6.92 Å². The van der Waals surface area contributed by atoms with Gasteiger partial charge in [0, 0.05) is 32.2 Å². The first-order valence-corrected chi connectivity index (χ1v) is 6.25. The molecule has 0 saturated heterocycles. The van der Waals surface area contributed by atoms with Crippen LogP contribution >= 0.6 is 0 Å². The Hall–Kier alpha value is -2.83. The third-order valence-corrected chi connectivity index (χ3v) is 2.66. The summed E-state index contributed by atoms with van der Waals surface area (Å²) < 4.78 is 0. The highest BCUT2D eigenvalue weighted by Crippen LogP contribution is 2.10. The summed E-state index contributed by atoms with van der Waals surface area (Å²) in [5, 5.41) is 2.66. The first-order valence-electron chi connectivity index (χ1n) is 6.25. The van der Waals surface area contributed by atoms with Gasteiger partial charge in [-0.15, -0.1) is 0 Å². The van der Waals surface area contributed by atoms with Crippen LogP contribution in [0, 0.1) is 6.92 Å². The van der Waals surface area contributed by atoms with Gasteiger partial charge in [0.25, 0.3) is 11.8 Å². The van der Waals surface area contributed by atoms with E-state index in [-0.39, 0.29) is 17.3 Å². The predicted molar refractivity (Wildman–Crippen MR) is 77.0 cm³/mol. The Morgan fingerprint density at radius 3 is 2.48 bits per heavy atom. The minimum atomic E-state index is -0.392. The Kier molecular flexibility index (Phi) is 4.22. The van der Waals surface area contributed by atoms with Gasteiger partial charge >= 0.3 is 0 Å². The molecule has 0 fully saturated rings. The van der Waals surface area contributed by atoms with E-state index in [1.165, 1.54) is 29.6 Å². The molecule has 0 unspecified atom stereocenters. The zero-order valence-corrected chi connectivity index (χ0v) is 12.0. The van der Waals surface area contributed by atoms with Crippen LogP contribution in [-0.2, 0) is 0 Å². The number of pyridine rings is 1. The Morgan fingerprint density at radius 2 is 1.86 bits per heavy atom. The molecule has 1 N–H and O–H groups in total. The molecule has 2 aromatic rings. The molecule has 0 aliphatic rings. The number of hydrogen-bond donors (Lipinski definition) is 1. The fraction of sp³-hybridized carbons (Fsp3) is 0.214. The van der Waals surface area contributed by atoms with Crippen LogP contribution in [0.1, 0.15) is 26.7 Å². The monoisotopic (exact) mass is 285 g/mol. The lowest BCUT2D eigenvalue weighted by Gasteiger charge is -2.10. The van der Waals surface area contributed by atoms with Gasteiger partial charge in [0.05, 0.1) is 11.9 Å². The molecule has 2 aromatic heterocycles. The first-order chi connectivity index (χ1) is 9.97. The maximum Gasteiger partial charge on any atom is 0.275 e. The SMILES string of the molecule is Cc1cnc(C(=O)Nc2ccnc(C(=O)N(C)C)c2)cn1. The number of anilines is 1. The van der Waals surface area contributed by atoms with Crippen molar-refractivity contribution in [3.63, 3.8) is 0 Å². The zero-order valence-electron chi connectivity index (χ0n) is 12.0. The molecule has 2 rings (SSSR count). The molecule has 21 heavy (non-hydrogen) atoms. The fourth-order valence-corrected chi connectivity index (χ4v) is 1.56. The van der Waals surface area contributed by atoms with E-state index in [9.17, 15) is 9.59 Å². The summed E-state index contributed by atoms with van der Waals surface area (Å²) in [6.07, 6.45) is 4.38. The van der Waals surface area contributed by atoms with E-state index in [1.54, 1.807) is 27.1 Å². The molecular formula is C14H15N5O2. The summed E-state index contributed by atoms with van der Waals surface area (Å²) >= 11 is 0. The molecule has 0 aliphatic heterocycles. The maximum atomic E-state index is 12.0. The van der Waals surface area contributed by atoms with Crippen molar-refractivity contribution in [2.75, 3.05) is 19.4 Å². The van der Waals surface area contributed by atoms with Gasteiger partial charge in [0.2, 0.25) is 0 Å². The van der Waals surface area contributed by atoms with E-state index in [1.807, 2.05) is 0 Å². The third kappa shape index (κ3) is 3.59. The lowest BCUT2D eigenvalue weighted by atomic mass is 10.3. The molecule has 0 bridgehead atoms. The number of hydrogen-bond acceptors (Lipinski definition) is 5. The van der Waals surface area contributed by atoms with Gasteiger partial charge < -0.3 is 10.2 Å². The number of amides is 2. The molecular weight excluding hydrogens is 270 g/mol. The van der Waals surface area contributed by atoms with E-state index in [4.69, 9.17) is 0 Å². The van der Waals surface area contributed by atoms with Crippen molar-refractivity contribution >= 4 is 17.5 Å². The first kappa shape index (κ1) is 14.6. The van der Waals surface area contributed by atoms with Crippen LogP contribution in [0.15, 0.2) is 30.7 Å². The van der Waals surface area contributed by atoms with Crippen molar-refractivity contribution in [3.8, 4) is 0 Å². The summed E-state index contributed by atoms with van der Waals surface area (Å²) in [5.41, 5.74) is 1.67. The number of nitrogens with zero attached hydrogens (tertiary/aromatic N) is 4. The summed E-state index contributed by atoms with van der Waals surface area (Å²) in [4.78, 5) is 37.2. The Bertz CT molecular complexity index is 667. The van der Waals surface area contributed by atoms with Gasteiger partial charge in [-0.25, -0.2) is 4.98 Å². The molecule has 7 nitrogen and oxygen atoms in total. The average molecular weight is 285 g/mol. The van der Waals surface area contributed by atoms with E-state index in [0.29, 0.717) is 5.69 Å². The molecule has 0 saturated carbocycles. The van der Waals surface area contributed by atoms with Crippen LogP contribution in [0.25, 0.3) is 0 Å². The van der Waals surface area contributed by atoms with Gasteiger partial charge in [0.1, 0.15) is 11.4 Å². The van der Waals surface area contributed by atoms with Crippen LogP contribution in [0.2, 0.25) is 0 Å². The minimum absolute atomic E-state index is 0.206. The number of aryl methyl sites for hydroxylation is 1. The van der Waals surface area contributed by atoms with Crippen molar-refractivity contribution in [1.29, 1.82) is 0 Å². The molecule has 0 radical (unpaired) electrons. The Labute approximate surface area is 122 Å². The highest BCUT2D eigenvalue weighted by atomic mass is 16.2. The Balaban J connectivity index is 2.16. The highest BCUT2D eigenvalue weighted by Gasteiger charge is 2.12. The molecule has 108 valence electrons. The number of aromatic nitrogens is 3.